The van der Waals surface area contributed by atoms with Crippen LogP contribution in [-0.2, 0) is 0 Å². The minimum Gasteiger partial charge on any atom is -0.0985 e. The van der Waals surface area contributed by atoms with Crippen molar-refractivity contribution in [3.63, 3.8) is 0 Å². The maximum absolute atomic E-state index is 4.16. The van der Waals surface area contributed by atoms with Crippen LogP contribution in [0.3, 0.4) is 0 Å². The summed E-state index contributed by atoms with van der Waals surface area (Å²) in [4.78, 5) is 0. The molecule has 0 aliphatic heterocycles. The molecule has 22 heavy (non-hydrogen) atoms. The molecule has 0 aromatic heterocycles. The fraction of sp³-hybridized carbons (Fsp3) is 0.0909. The highest BCUT2D eigenvalue weighted by Crippen LogP contribution is 2.25. The van der Waals surface area contributed by atoms with E-state index in [4.69, 9.17) is 0 Å². The third-order valence-electron chi connectivity index (χ3n) is 3.44. The van der Waals surface area contributed by atoms with Crippen molar-refractivity contribution in [1.29, 1.82) is 0 Å². The molecule has 0 fully saturated rings. The number of rotatable bonds is 4. The predicted molar refractivity (Wildman–Crippen MR) is 102 cm³/mol. The van der Waals surface area contributed by atoms with Gasteiger partial charge in [0, 0.05) is 0 Å². The predicted octanol–water partition coefficient (Wildman–Crippen LogP) is 4.81. The molecule has 0 N–H and O–H groups in total. The van der Waals surface area contributed by atoms with E-state index in [1.54, 1.807) is 0 Å². The monoisotopic (exact) mass is 288 g/mol. The Hall–Kier alpha value is -2.60. The lowest BCUT2D eigenvalue weighted by atomic mass is 9.93. The molecule has 0 heterocycles. The van der Waals surface area contributed by atoms with Gasteiger partial charge in [0.05, 0.1) is 0 Å². The Bertz CT molecular complexity index is 772. The zero-order valence-corrected chi connectivity index (χ0v) is 13.6. The maximum atomic E-state index is 4.16. The summed E-state index contributed by atoms with van der Waals surface area (Å²) >= 11 is 0. The Morgan fingerprint density at radius 3 is 2.14 bits per heavy atom. The second-order valence-corrected chi connectivity index (χ2v) is 4.83. The fourth-order valence-electron chi connectivity index (χ4n) is 2.29. The molecule has 1 aromatic rings. The van der Waals surface area contributed by atoms with Crippen molar-refractivity contribution < 1.29 is 0 Å². The molecule has 0 heteroatoms. The highest BCUT2D eigenvalue weighted by atomic mass is 14.1. The number of hydrogen-bond acceptors (Lipinski definition) is 0. The van der Waals surface area contributed by atoms with Gasteiger partial charge in [0.15, 0.2) is 0 Å². The van der Waals surface area contributed by atoms with Crippen LogP contribution in [-0.4, -0.2) is 0 Å². The van der Waals surface area contributed by atoms with Crippen LogP contribution in [0.15, 0.2) is 73.4 Å². The van der Waals surface area contributed by atoms with Crippen LogP contribution in [0.5, 0.6) is 0 Å². The minimum absolute atomic E-state index is 0.922. The molecule has 0 radical (unpaired) electrons. The van der Waals surface area contributed by atoms with Crippen LogP contribution in [0.25, 0.3) is 24.8 Å². The molecule has 0 saturated heterocycles. The Kier molecular flexibility index (Phi) is 6.85. The highest BCUT2D eigenvalue weighted by molar-refractivity contribution is 5.85. The molecule has 0 bridgehead atoms. The van der Waals surface area contributed by atoms with Gasteiger partial charge in [0.25, 0.3) is 0 Å². The molecule has 0 unspecified atom stereocenters. The summed E-state index contributed by atoms with van der Waals surface area (Å²) in [6.45, 7) is 20.1. The van der Waals surface area contributed by atoms with Crippen molar-refractivity contribution in [3.05, 3.63) is 94.9 Å². The summed E-state index contributed by atoms with van der Waals surface area (Å²) in [6.07, 6.45) is 7.85. The maximum Gasteiger partial charge on any atom is -0.0103 e. The largest absolute Gasteiger partial charge is 0.0985 e. The lowest BCUT2D eigenvalue weighted by molar-refractivity contribution is 1.49. The summed E-state index contributed by atoms with van der Waals surface area (Å²) in [5.41, 5.74) is 4.26. The Labute approximate surface area is 134 Å². The Morgan fingerprint density at radius 2 is 1.59 bits per heavy atom. The van der Waals surface area contributed by atoms with Gasteiger partial charge in [-0.3, -0.25) is 0 Å². The molecular weight excluding hydrogens is 264 g/mol. The summed E-state index contributed by atoms with van der Waals surface area (Å²) < 4.78 is 0. The second kappa shape index (κ2) is 8.63. The molecule has 0 saturated carbocycles. The topological polar surface area (TPSA) is 0 Å². The van der Waals surface area contributed by atoms with Crippen molar-refractivity contribution >= 4 is 24.8 Å². The van der Waals surface area contributed by atoms with E-state index < -0.39 is 0 Å². The van der Waals surface area contributed by atoms with Crippen molar-refractivity contribution in [2.24, 2.45) is 0 Å². The molecule has 1 aromatic carbocycles. The number of hydrogen-bond donors (Lipinski definition) is 0. The van der Waals surface area contributed by atoms with Crippen LogP contribution in [0, 0.1) is 0 Å². The van der Waals surface area contributed by atoms with Gasteiger partial charge >= 0.3 is 0 Å². The van der Waals surface area contributed by atoms with Gasteiger partial charge in [0.1, 0.15) is 0 Å². The van der Waals surface area contributed by atoms with Crippen LogP contribution < -0.4 is 10.4 Å². The van der Waals surface area contributed by atoms with E-state index in [0.717, 1.165) is 32.7 Å². The summed E-state index contributed by atoms with van der Waals surface area (Å²) in [5, 5.41) is 1.86. The van der Waals surface area contributed by atoms with Gasteiger partial charge in [-0.1, -0.05) is 87.0 Å². The highest BCUT2D eigenvalue weighted by Gasteiger charge is 2.06. The van der Waals surface area contributed by atoms with Gasteiger partial charge in [-0.15, -0.1) is 0 Å². The van der Waals surface area contributed by atoms with Gasteiger partial charge in [-0.25, -0.2) is 0 Å². The first kappa shape index (κ1) is 17.5. The second-order valence-electron chi connectivity index (χ2n) is 4.83. The van der Waals surface area contributed by atoms with Crippen LogP contribution in [0.2, 0.25) is 0 Å². The van der Waals surface area contributed by atoms with Crippen molar-refractivity contribution in [2.75, 3.05) is 0 Å². The fourth-order valence-corrected chi connectivity index (χ4v) is 2.29. The van der Waals surface area contributed by atoms with E-state index >= 15 is 0 Å². The lowest BCUT2D eigenvalue weighted by Crippen LogP contribution is -2.05. The Balaban J connectivity index is 3.96. The molecule has 0 atom stereocenters. The first-order valence-electron chi connectivity index (χ1n) is 7.32. The van der Waals surface area contributed by atoms with E-state index in [9.17, 15) is 0 Å². The van der Waals surface area contributed by atoms with Crippen molar-refractivity contribution in [1.82, 2.24) is 0 Å². The zero-order chi connectivity index (χ0) is 16.5. The van der Waals surface area contributed by atoms with E-state index in [1.807, 2.05) is 56.3 Å². The van der Waals surface area contributed by atoms with Crippen LogP contribution >= 0.6 is 0 Å². The minimum atomic E-state index is 0.922. The summed E-state index contributed by atoms with van der Waals surface area (Å²) in [7, 11) is 0. The molecule has 112 valence electrons. The van der Waals surface area contributed by atoms with E-state index in [2.05, 4.69) is 44.5 Å². The van der Waals surface area contributed by atoms with E-state index in [1.165, 1.54) is 0 Å². The van der Waals surface area contributed by atoms with Crippen molar-refractivity contribution in [2.45, 2.75) is 13.8 Å². The SMILES string of the molecule is C=CC(=C/C)/C(=C\C)c1ccc(=C)ccccc(=C)c1C=C. The normalized spacial score (nSPS) is 11.5. The first-order valence-corrected chi connectivity index (χ1v) is 7.32. The van der Waals surface area contributed by atoms with Gasteiger partial charge in [-0.2, -0.15) is 0 Å². The van der Waals surface area contributed by atoms with E-state index in [-0.39, 0.29) is 0 Å². The van der Waals surface area contributed by atoms with Gasteiger partial charge < -0.3 is 0 Å². The molecule has 0 aliphatic rings. The standard InChI is InChI=1S/C22H24/c1-7-19(8-2)21(10-4)22-16-15-17(5)13-11-12-14-18(6)20(22)9-3/h7-16H,1,3,5-6H2,2,4H3/b13-11?,14-12?,16-15?,19-8-,21-10+,22-20?. The molecule has 0 spiro atoms. The molecule has 0 aliphatic carbocycles. The summed E-state index contributed by atoms with van der Waals surface area (Å²) in [5.74, 6) is 0. The van der Waals surface area contributed by atoms with Gasteiger partial charge in [0.2, 0.25) is 0 Å². The number of allylic oxidation sites excluding steroid dienone is 5. The molecular formula is C22H24. The lowest BCUT2D eigenvalue weighted by Gasteiger charge is -2.11. The Morgan fingerprint density at radius 1 is 0.909 bits per heavy atom. The van der Waals surface area contributed by atoms with Crippen LogP contribution in [0.4, 0.5) is 0 Å². The molecule has 0 amide bonds. The smallest absolute Gasteiger partial charge is 0.0103 e. The van der Waals surface area contributed by atoms with E-state index in [0.29, 0.717) is 0 Å². The quantitative estimate of drug-likeness (QED) is 0.697. The van der Waals surface area contributed by atoms with Gasteiger partial charge in [-0.05, 0) is 46.6 Å². The average Bonchev–Trinajstić information content (AvgIpc) is 2.53. The van der Waals surface area contributed by atoms with Crippen molar-refractivity contribution in [3.8, 4) is 0 Å². The van der Waals surface area contributed by atoms with Crippen LogP contribution in [0.1, 0.15) is 25.0 Å². The summed E-state index contributed by atoms with van der Waals surface area (Å²) in [6, 6.07) is 11.9. The third kappa shape index (κ3) is 4.20. The molecule has 0 nitrogen and oxygen atoms in total. The first-order chi connectivity index (χ1) is 10.6. The average molecular weight is 288 g/mol. The third-order valence-corrected chi connectivity index (χ3v) is 3.44. The zero-order valence-electron chi connectivity index (χ0n) is 13.6. The molecule has 1 rings (SSSR count).